The summed E-state index contributed by atoms with van der Waals surface area (Å²) in [7, 11) is 0. The fraction of sp³-hybridized carbons (Fsp3) is 0.357. The lowest BCUT2D eigenvalue weighted by molar-refractivity contribution is 0.666. The Labute approximate surface area is 102 Å². The fourth-order valence-electron chi connectivity index (χ4n) is 2.05. The fourth-order valence-corrected chi connectivity index (χ4v) is 2.05. The molecule has 3 heteroatoms. The van der Waals surface area contributed by atoms with E-state index in [9.17, 15) is 0 Å². The number of benzene rings is 1. The van der Waals surface area contributed by atoms with E-state index in [4.69, 9.17) is 5.73 Å². The summed E-state index contributed by atoms with van der Waals surface area (Å²) in [5.41, 5.74) is 8.23. The van der Waals surface area contributed by atoms with Crippen LogP contribution in [0.3, 0.4) is 0 Å². The first-order valence-corrected chi connectivity index (χ1v) is 6.00. The van der Waals surface area contributed by atoms with Gasteiger partial charge in [0.05, 0.1) is 0 Å². The molecule has 0 radical (unpaired) electrons. The Kier molecular flexibility index (Phi) is 3.59. The van der Waals surface area contributed by atoms with Crippen LogP contribution in [0.5, 0.6) is 0 Å². The molecule has 90 valence electrons. The highest BCUT2D eigenvalue weighted by Crippen LogP contribution is 2.15. The largest absolute Gasteiger partial charge is 0.330 e. The molecule has 0 bridgehead atoms. The van der Waals surface area contributed by atoms with E-state index >= 15 is 0 Å². The van der Waals surface area contributed by atoms with Crippen molar-refractivity contribution in [2.75, 3.05) is 0 Å². The third-order valence-electron chi connectivity index (χ3n) is 2.94. The minimum Gasteiger partial charge on any atom is -0.330 e. The Morgan fingerprint density at radius 2 is 1.94 bits per heavy atom. The van der Waals surface area contributed by atoms with Gasteiger partial charge in [-0.3, -0.25) is 0 Å². The number of imidazole rings is 1. The molecule has 1 aromatic heterocycles. The van der Waals surface area contributed by atoms with Gasteiger partial charge in [0.1, 0.15) is 5.82 Å². The predicted octanol–water partition coefficient (Wildman–Crippen LogP) is 2.51. The van der Waals surface area contributed by atoms with Gasteiger partial charge < -0.3 is 10.3 Å². The average molecular weight is 229 g/mol. The van der Waals surface area contributed by atoms with Crippen LogP contribution in [0.25, 0.3) is 0 Å². The molecule has 0 saturated heterocycles. The molecule has 0 atom stereocenters. The van der Waals surface area contributed by atoms with Gasteiger partial charge in [0, 0.05) is 31.4 Å². The maximum atomic E-state index is 5.75. The lowest BCUT2D eigenvalue weighted by Crippen LogP contribution is -2.09. The van der Waals surface area contributed by atoms with Crippen LogP contribution in [-0.4, -0.2) is 9.55 Å². The van der Waals surface area contributed by atoms with Gasteiger partial charge >= 0.3 is 0 Å². The second-order valence-corrected chi connectivity index (χ2v) is 4.54. The SMILES string of the molecule is CC(C)c1nccn1Cc1ccccc1CN. The van der Waals surface area contributed by atoms with Crippen molar-refractivity contribution in [2.24, 2.45) is 5.73 Å². The molecule has 0 spiro atoms. The van der Waals surface area contributed by atoms with Gasteiger partial charge in [0.2, 0.25) is 0 Å². The summed E-state index contributed by atoms with van der Waals surface area (Å²) in [5, 5.41) is 0. The summed E-state index contributed by atoms with van der Waals surface area (Å²) < 4.78 is 2.19. The standard InChI is InChI=1S/C14H19N3/c1-11(2)14-16-7-8-17(14)10-13-6-4-3-5-12(13)9-15/h3-8,11H,9-10,15H2,1-2H3. The topological polar surface area (TPSA) is 43.8 Å². The Morgan fingerprint density at radius 1 is 1.24 bits per heavy atom. The number of rotatable bonds is 4. The van der Waals surface area contributed by atoms with E-state index in [1.54, 1.807) is 0 Å². The van der Waals surface area contributed by atoms with Crippen molar-refractivity contribution >= 4 is 0 Å². The van der Waals surface area contributed by atoms with E-state index in [1.165, 1.54) is 11.1 Å². The quantitative estimate of drug-likeness (QED) is 0.875. The summed E-state index contributed by atoms with van der Waals surface area (Å²) in [6.45, 7) is 5.75. The molecule has 17 heavy (non-hydrogen) atoms. The van der Waals surface area contributed by atoms with Crippen LogP contribution in [0.2, 0.25) is 0 Å². The first-order valence-electron chi connectivity index (χ1n) is 6.00. The first-order chi connectivity index (χ1) is 8.22. The molecule has 0 amide bonds. The lowest BCUT2D eigenvalue weighted by atomic mass is 10.1. The Morgan fingerprint density at radius 3 is 2.59 bits per heavy atom. The van der Waals surface area contributed by atoms with Crippen LogP contribution in [0.1, 0.15) is 36.7 Å². The Bertz CT molecular complexity index is 486. The van der Waals surface area contributed by atoms with E-state index in [0.29, 0.717) is 12.5 Å². The molecular weight excluding hydrogens is 210 g/mol. The zero-order chi connectivity index (χ0) is 12.3. The van der Waals surface area contributed by atoms with Crippen molar-refractivity contribution in [2.45, 2.75) is 32.9 Å². The van der Waals surface area contributed by atoms with Crippen molar-refractivity contribution in [1.29, 1.82) is 0 Å². The van der Waals surface area contributed by atoms with Gasteiger partial charge in [-0.15, -0.1) is 0 Å². The number of hydrogen-bond donors (Lipinski definition) is 1. The van der Waals surface area contributed by atoms with Gasteiger partial charge in [-0.05, 0) is 11.1 Å². The highest BCUT2D eigenvalue weighted by atomic mass is 15.1. The molecule has 0 aliphatic heterocycles. The zero-order valence-electron chi connectivity index (χ0n) is 10.4. The highest BCUT2D eigenvalue weighted by Gasteiger charge is 2.08. The molecule has 2 aromatic rings. The van der Waals surface area contributed by atoms with E-state index in [1.807, 2.05) is 18.5 Å². The Hall–Kier alpha value is -1.61. The molecule has 1 aromatic carbocycles. The molecule has 0 saturated carbocycles. The summed E-state index contributed by atoms with van der Waals surface area (Å²) in [4.78, 5) is 4.40. The van der Waals surface area contributed by atoms with Crippen molar-refractivity contribution in [3.63, 3.8) is 0 Å². The maximum Gasteiger partial charge on any atom is 0.111 e. The number of nitrogens with zero attached hydrogens (tertiary/aromatic N) is 2. The minimum absolute atomic E-state index is 0.440. The van der Waals surface area contributed by atoms with E-state index in [2.05, 4.69) is 41.6 Å². The predicted molar refractivity (Wildman–Crippen MR) is 69.8 cm³/mol. The van der Waals surface area contributed by atoms with Crippen molar-refractivity contribution < 1.29 is 0 Å². The van der Waals surface area contributed by atoms with Crippen molar-refractivity contribution in [1.82, 2.24) is 9.55 Å². The highest BCUT2D eigenvalue weighted by molar-refractivity contribution is 5.27. The van der Waals surface area contributed by atoms with Crippen LogP contribution < -0.4 is 5.73 Å². The normalized spacial score (nSPS) is 11.1. The molecule has 0 aliphatic rings. The summed E-state index contributed by atoms with van der Waals surface area (Å²) >= 11 is 0. The zero-order valence-corrected chi connectivity index (χ0v) is 10.4. The third-order valence-corrected chi connectivity index (χ3v) is 2.94. The summed E-state index contributed by atoms with van der Waals surface area (Å²) in [5.74, 6) is 1.56. The van der Waals surface area contributed by atoms with Crippen LogP contribution in [0, 0.1) is 0 Å². The van der Waals surface area contributed by atoms with Crippen LogP contribution in [0.4, 0.5) is 0 Å². The summed E-state index contributed by atoms with van der Waals surface area (Å²) in [6, 6.07) is 8.30. The van der Waals surface area contributed by atoms with Gasteiger partial charge in [-0.2, -0.15) is 0 Å². The molecule has 2 N–H and O–H groups in total. The van der Waals surface area contributed by atoms with Crippen molar-refractivity contribution in [3.05, 3.63) is 53.6 Å². The Balaban J connectivity index is 2.28. The average Bonchev–Trinajstić information content (AvgIpc) is 2.78. The third kappa shape index (κ3) is 2.56. The summed E-state index contributed by atoms with van der Waals surface area (Å²) in [6.07, 6.45) is 3.89. The molecular formula is C14H19N3. The smallest absolute Gasteiger partial charge is 0.111 e. The first kappa shape index (κ1) is 11.9. The monoisotopic (exact) mass is 229 g/mol. The van der Waals surface area contributed by atoms with Crippen molar-refractivity contribution in [3.8, 4) is 0 Å². The molecule has 2 rings (SSSR count). The maximum absolute atomic E-state index is 5.75. The molecule has 0 unspecified atom stereocenters. The number of nitrogens with two attached hydrogens (primary N) is 1. The minimum atomic E-state index is 0.440. The number of hydrogen-bond acceptors (Lipinski definition) is 2. The van der Waals surface area contributed by atoms with Crippen LogP contribution >= 0.6 is 0 Å². The molecule has 3 nitrogen and oxygen atoms in total. The van der Waals surface area contributed by atoms with Crippen LogP contribution in [0.15, 0.2) is 36.7 Å². The second kappa shape index (κ2) is 5.15. The van der Waals surface area contributed by atoms with E-state index in [-0.39, 0.29) is 0 Å². The van der Waals surface area contributed by atoms with Gasteiger partial charge in [0.25, 0.3) is 0 Å². The van der Waals surface area contributed by atoms with Gasteiger partial charge in [-0.25, -0.2) is 4.98 Å². The van der Waals surface area contributed by atoms with Gasteiger partial charge in [-0.1, -0.05) is 38.1 Å². The lowest BCUT2D eigenvalue weighted by Gasteiger charge is -2.12. The second-order valence-electron chi connectivity index (χ2n) is 4.54. The molecule has 0 fully saturated rings. The van der Waals surface area contributed by atoms with Gasteiger partial charge in [0.15, 0.2) is 0 Å². The van der Waals surface area contributed by atoms with E-state index < -0.39 is 0 Å². The molecule has 0 aliphatic carbocycles. The van der Waals surface area contributed by atoms with E-state index in [0.717, 1.165) is 12.4 Å². The molecule has 1 heterocycles. The number of aromatic nitrogens is 2. The van der Waals surface area contributed by atoms with Crippen LogP contribution in [-0.2, 0) is 13.1 Å².